The Kier molecular flexibility index (Phi) is 7.09. The van der Waals surface area contributed by atoms with Gasteiger partial charge in [-0.15, -0.1) is 0 Å². The summed E-state index contributed by atoms with van der Waals surface area (Å²) in [5.74, 6) is -1.47. The number of carbonyl (C=O) groups excluding carboxylic acids is 2. The lowest BCUT2D eigenvalue weighted by molar-refractivity contribution is 0.102. The van der Waals surface area contributed by atoms with Crippen molar-refractivity contribution in [3.05, 3.63) is 124 Å². The Hall–Kier alpha value is -3.82. The number of amides is 1. The van der Waals surface area contributed by atoms with Crippen molar-refractivity contribution < 1.29 is 22.4 Å². The third-order valence-corrected chi connectivity index (χ3v) is 6.93. The summed E-state index contributed by atoms with van der Waals surface area (Å²) in [4.78, 5) is 26.1. The number of para-hydroxylation sites is 1. The summed E-state index contributed by atoms with van der Waals surface area (Å²) in [5.41, 5.74) is 1.06. The molecule has 0 aromatic heterocycles. The van der Waals surface area contributed by atoms with Crippen LogP contribution in [0.3, 0.4) is 0 Å². The van der Waals surface area contributed by atoms with Gasteiger partial charge < -0.3 is 5.32 Å². The summed E-state index contributed by atoms with van der Waals surface area (Å²) >= 11 is 3.35. The standard InChI is InChI=1S/C26H18BrFN2O4S/c27-18-10-15-23(22(16-18)25(31)17-6-2-1-3-7-17)29-26(32)21-8-4-5-9-24(21)30-35(33,34)20-13-11-19(28)12-14-20/h1-16,30H,(H,29,32). The number of hydrogen-bond donors (Lipinski definition) is 2. The van der Waals surface area contributed by atoms with Gasteiger partial charge in [-0.25, -0.2) is 12.8 Å². The highest BCUT2D eigenvalue weighted by atomic mass is 79.9. The van der Waals surface area contributed by atoms with Crippen LogP contribution in [0.2, 0.25) is 0 Å². The topological polar surface area (TPSA) is 92.3 Å². The zero-order chi connectivity index (χ0) is 25.0. The molecule has 0 saturated heterocycles. The molecule has 0 spiro atoms. The lowest BCUT2D eigenvalue weighted by Crippen LogP contribution is -2.19. The lowest BCUT2D eigenvalue weighted by Gasteiger charge is -2.15. The molecule has 4 aromatic rings. The summed E-state index contributed by atoms with van der Waals surface area (Å²) in [6.45, 7) is 0. The largest absolute Gasteiger partial charge is 0.321 e. The minimum Gasteiger partial charge on any atom is -0.321 e. The Balaban J connectivity index is 1.64. The number of nitrogens with one attached hydrogen (secondary N) is 2. The first-order chi connectivity index (χ1) is 16.7. The summed E-state index contributed by atoms with van der Waals surface area (Å²) in [7, 11) is -4.08. The predicted octanol–water partition coefficient (Wildman–Crippen LogP) is 5.87. The summed E-state index contributed by atoms with van der Waals surface area (Å²) in [6.07, 6.45) is 0. The maximum Gasteiger partial charge on any atom is 0.261 e. The van der Waals surface area contributed by atoms with E-state index in [4.69, 9.17) is 0 Å². The van der Waals surface area contributed by atoms with Gasteiger partial charge in [0.05, 0.1) is 21.8 Å². The second-order valence-corrected chi connectivity index (χ2v) is 10.0. The number of ketones is 1. The van der Waals surface area contributed by atoms with Crippen LogP contribution >= 0.6 is 15.9 Å². The Morgan fingerprint density at radius 1 is 0.743 bits per heavy atom. The summed E-state index contributed by atoms with van der Waals surface area (Å²) in [5, 5.41) is 2.71. The molecule has 0 heterocycles. The molecule has 9 heteroatoms. The highest BCUT2D eigenvalue weighted by Crippen LogP contribution is 2.26. The fourth-order valence-corrected chi connectivity index (χ4v) is 4.78. The van der Waals surface area contributed by atoms with E-state index in [-0.39, 0.29) is 33.2 Å². The summed E-state index contributed by atoms with van der Waals surface area (Å²) in [6, 6.07) is 23.9. The van der Waals surface area contributed by atoms with Gasteiger partial charge >= 0.3 is 0 Å². The van der Waals surface area contributed by atoms with Crippen LogP contribution in [0.15, 0.2) is 106 Å². The Labute approximate surface area is 210 Å². The number of benzene rings is 4. The molecule has 35 heavy (non-hydrogen) atoms. The number of sulfonamides is 1. The fourth-order valence-electron chi connectivity index (χ4n) is 3.34. The van der Waals surface area contributed by atoms with E-state index in [0.29, 0.717) is 10.0 Å². The lowest BCUT2D eigenvalue weighted by atomic mass is 10.0. The van der Waals surface area contributed by atoms with Crippen LogP contribution in [0, 0.1) is 5.82 Å². The first-order valence-electron chi connectivity index (χ1n) is 10.3. The van der Waals surface area contributed by atoms with Crippen LogP contribution in [-0.4, -0.2) is 20.1 Å². The average molecular weight is 553 g/mol. The smallest absolute Gasteiger partial charge is 0.261 e. The maximum atomic E-state index is 13.2. The fraction of sp³-hybridized carbons (Fsp3) is 0. The van der Waals surface area contributed by atoms with Crippen LogP contribution in [0.4, 0.5) is 15.8 Å². The zero-order valence-electron chi connectivity index (χ0n) is 18.0. The molecular formula is C26H18BrFN2O4S. The predicted molar refractivity (Wildman–Crippen MR) is 136 cm³/mol. The van der Waals surface area contributed by atoms with Gasteiger partial charge in [-0.3, -0.25) is 14.3 Å². The van der Waals surface area contributed by atoms with E-state index < -0.39 is 21.7 Å². The Morgan fingerprint density at radius 2 is 1.40 bits per heavy atom. The number of hydrogen-bond acceptors (Lipinski definition) is 4. The third kappa shape index (κ3) is 5.64. The van der Waals surface area contributed by atoms with Gasteiger partial charge in [0.2, 0.25) is 0 Å². The Bertz CT molecular complexity index is 1510. The van der Waals surface area contributed by atoms with Crippen LogP contribution in [0.1, 0.15) is 26.3 Å². The molecule has 0 unspecified atom stereocenters. The number of carbonyl (C=O) groups is 2. The zero-order valence-corrected chi connectivity index (χ0v) is 20.4. The molecule has 0 aliphatic rings. The molecule has 0 aliphatic heterocycles. The van der Waals surface area contributed by atoms with E-state index in [1.807, 2.05) is 0 Å². The maximum absolute atomic E-state index is 13.2. The molecule has 4 rings (SSSR count). The van der Waals surface area contributed by atoms with Crippen molar-refractivity contribution in [3.8, 4) is 0 Å². The number of rotatable bonds is 7. The van der Waals surface area contributed by atoms with Crippen LogP contribution < -0.4 is 10.0 Å². The van der Waals surface area contributed by atoms with E-state index in [0.717, 1.165) is 24.3 Å². The highest BCUT2D eigenvalue weighted by molar-refractivity contribution is 9.10. The molecule has 0 saturated carbocycles. The van der Waals surface area contributed by atoms with Crippen molar-refractivity contribution in [2.75, 3.05) is 10.0 Å². The van der Waals surface area contributed by atoms with Crippen molar-refractivity contribution in [1.29, 1.82) is 0 Å². The monoisotopic (exact) mass is 552 g/mol. The van der Waals surface area contributed by atoms with Gasteiger partial charge in [-0.2, -0.15) is 0 Å². The van der Waals surface area contributed by atoms with Crippen molar-refractivity contribution in [2.45, 2.75) is 4.90 Å². The number of halogens is 2. The number of anilines is 2. The van der Waals surface area contributed by atoms with Gasteiger partial charge in [-0.1, -0.05) is 58.4 Å². The minimum absolute atomic E-state index is 0.0300. The van der Waals surface area contributed by atoms with Gasteiger partial charge in [0.15, 0.2) is 5.78 Å². The quantitative estimate of drug-likeness (QED) is 0.280. The van der Waals surface area contributed by atoms with Crippen LogP contribution in [0.5, 0.6) is 0 Å². The van der Waals surface area contributed by atoms with Gasteiger partial charge in [0, 0.05) is 15.6 Å². The first kappa shape index (κ1) is 24.3. The van der Waals surface area contributed by atoms with Gasteiger partial charge in [0.1, 0.15) is 5.82 Å². The molecule has 4 aromatic carbocycles. The van der Waals surface area contributed by atoms with Crippen molar-refractivity contribution in [2.24, 2.45) is 0 Å². The van der Waals surface area contributed by atoms with E-state index in [2.05, 4.69) is 26.0 Å². The van der Waals surface area contributed by atoms with E-state index >= 15 is 0 Å². The molecule has 176 valence electrons. The molecule has 0 radical (unpaired) electrons. The molecule has 0 atom stereocenters. The van der Waals surface area contributed by atoms with Crippen molar-refractivity contribution >= 4 is 49.0 Å². The second kappa shape index (κ2) is 10.2. The molecule has 2 N–H and O–H groups in total. The second-order valence-electron chi connectivity index (χ2n) is 7.44. The molecule has 1 amide bonds. The van der Waals surface area contributed by atoms with Crippen LogP contribution in [0.25, 0.3) is 0 Å². The SMILES string of the molecule is O=C(Nc1ccc(Br)cc1C(=O)c1ccccc1)c1ccccc1NS(=O)(=O)c1ccc(F)cc1. The third-order valence-electron chi connectivity index (χ3n) is 5.05. The highest BCUT2D eigenvalue weighted by Gasteiger charge is 2.21. The van der Waals surface area contributed by atoms with E-state index in [1.165, 1.54) is 12.1 Å². The average Bonchev–Trinajstić information content (AvgIpc) is 2.85. The molecule has 0 bridgehead atoms. The minimum atomic E-state index is -4.08. The summed E-state index contributed by atoms with van der Waals surface area (Å²) < 4.78 is 41.8. The van der Waals surface area contributed by atoms with Gasteiger partial charge in [-0.05, 0) is 54.6 Å². The van der Waals surface area contributed by atoms with Crippen molar-refractivity contribution in [3.63, 3.8) is 0 Å². The van der Waals surface area contributed by atoms with Crippen LogP contribution in [-0.2, 0) is 10.0 Å². The van der Waals surface area contributed by atoms with E-state index in [1.54, 1.807) is 60.7 Å². The molecule has 0 fully saturated rings. The Morgan fingerprint density at radius 3 is 2.11 bits per heavy atom. The molecule has 6 nitrogen and oxygen atoms in total. The first-order valence-corrected chi connectivity index (χ1v) is 12.6. The van der Waals surface area contributed by atoms with Gasteiger partial charge in [0.25, 0.3) is 15.9 Å². The van der Waals surface area contributed by atoms with Crippen molar-refractivity contribution in [1.82, 2.24) is 0 Å². The normalized spacial score (nSPS) is 11.0. The molecular weight excluding hydrogens is 535 g/mol. The molecule has 0 aliphatic carbocycles. The van der Waals surface area contributed by atoms with E-state index in [9.17, 15) is 22.4 Å².